The molecule has 0 saturated heterocycles. The van der Waals surface area contributed by atoms with Crippen molar-refractivity contribution in [1.29, 1.82) is 0 Å². The van der Waals surface area contributed by atoms with Gasteiger partial charge in [0.25, 0.3) is 0 Å². The van der Waals surface area contributed by atoms with Crippen LogP contribution in [-0.4, -0.2) is 25.7 Å². The van der Waals surface area contributed by atoms with Gasteiger partial charge in [0.2, 0.25) is 0 Å². The van der Waals surface area contributed by atoms with Crippen molar-refractivity contribution in [1.82, 2.24) is 5.32 Å². The molecule has 1 amide bonds. The smallest absolute Gasteiger partial charge is 0.296 e. The second-order valence-electron chi connectivity index (χ2n) is 1.11. The maximum absolute atomic E-state index is 9.41. The van der Waals surface area contributed by atoms with E-state index in [2.05, 4.69) is 10.3 Å². The molecule has 0 spiro atoms. The molecule has 0 aromatic rings. The summed E-state index contributed by atoms with van der Waals surface area (Å²) in [6, 6.07) is 0. The summed E-state index contributed by atoms with van der Waals surface area (Å²) in [4.78, 5) is 13.2. The molecule has 0 aromatic carbocycles. The molecule has 0 aliphatic rings. The highest BCUT2D eigenvalue weighted by Crippen LogP contribution is 1.60. The summed E-state index contributed by atoms with van der Waals surface area (Å²) in [6.45, 7) is 3.02. The molecular weight excluding hydrogens is 104 g/mol. The third kappa shape index (κ3) is 5.14. The monoisotopic (exact) mass is 112 g/mol. The van der Waals surface area contributed by atoms with Crippen LogP contribution in [0.2, 0.25) is 0 Å². The number of carbonyl (C=O) groups excluding carboxylic acids is 1. The van der Waals surface area contributed by atoms with Crippen molar-refractivity contribution in [3.63, 3.8) is 0 Å². The van der Waals surface area contributed by atoms with Crippen LogP contribution in [0, 0.1) is 0 Å². The van der Waals surface area contributed by atoms with E-state index in [1.54, 1.807) is 6.21 Å². The van der Waals surface area contributed by atoms with Crippen molar-refractivity contribution < 1.29 is 4.79 Å². The molecule has 44 valence electrons. The van der Waals surface area contributed by atoms with Gasteiger partial charge in [-0.3, -0.25) is 9.79 Å². The first kappa shape index (κ1) is 7.14. The minimum Gasteiger partial charge on any atom is -0.296 e. The molecule has 3 nitrogen and oxygen atoms in total. The summed E-state index contributed by atoms with van der Waals surface area (Å²) in [6.07, 6.45) is 3.00. The molecule has 0 fully saturated rings. The quantitative estimate of drug-likeness (QED) is 0.365. The largest absolute Gasteiger partial charge is 0.332 e. The Balaban J connectivity index is 2.90. The summed E-state index contributed by atoms with van der Waals surface area (Å²) in [5.74, 6) is 0. The first-order valence-corrected chi connectivity index (χ1v) is 2.43. The van der Waals surface area contributed by atoms with Crippen LogP contribution in [0.1, 0.15) is 6.92 Å². The average Bonchev–Trinajstić information content (AvgIpc) is 1.81. The van der Waals surface area contributed by atoms with Gasteiger partial charge in [-0.1, -0.05) is 0 Å². The van der Waals surface area contributed by atoms with E-state index in [-0.39, 0.29) is 0 Å². The van der Waals surface area contributed by atoms with Crippen molar-refractivity contribution in [3.8, 4) is 0 Å². The van der Waals surface area contributed by atoms with E-state index in [1.807, 2.05) is 6.92 Å². The Morgan fingerprint density at radius 1 is 1.75 bits per heavy atom. The van der Waals surface area contributed by atoms with Gasteiger partial charge in [0.1, 0.15) is 0 Å². The summed E-state index contributed by atoms with van der Waals surface area (Å²) >= 11 is 0. The third-order valence-corrected chi connectivity index (χ3v) is 0.549. The first-order chi connectivity index (χ1) is 3.91. The van der Waals surface area contributed by atoms with Crippen molar-refractivity contribution in [2.45, 2.75) is 6.92 Å². The van der Waals surface area contributed by atoms with Crippen LogP contribution in [0.5, 0.6) is 0 Å². The SMILES string of the molecule is CCN=CC[N][C]=O. The fourth-order valence-electron chi connectivity index (χ4n) is 0.265. The lowest BCUT2D eigenvalue weighted by atomic mass is 10.7. The van der Waals surface area contributed by atoms with E-state index in [9.17, 15) is 4.79 Å². The van der Waals surface area contributed by atoms with E-state index in [1.165, 1.54) is 6.41 Å². The van der Waals surface area contributed by atoms with Crippen molar-refractivity contribution in [3.05, 3.63) is 0 Å². The molecule has 0 heterocycles. The molecule has 0 aliphatic heterocycles. The fourth-order valence-corrected chi connectivity index (χ4v) is 0.265. The Labute approximate surface area is 48.8 Å². The average molecular weight is 112 g/mol. The molecule has 0 rings (SSSR count). The van der Waals surface area contributed by atoms with Gasteiger partial charge < -0.3 is 0 Å². The minimum absolute atomic E-state index is 0.358. The van der Waals surface area contributed by atoms with Crippen LogP contribution in [0.4, 0.5) is 0 Å². The number of amides is 1. The number of hydrogen-bond acceptors (Lipinski definition) is 2. The Morgan fingerprint density at radius 3 is 3.00 bits per heavy atom. The number of nitrogens with zero attached hydrogens (tertiary/aromatic N) is 2. The fraction of sp³-hybridized carbons (Fsp3) is 0.600. The van der Waals surface area contributed by atoms with Gasteiger partial charge in [0.05, 0.1) is 6.54 Å². The van der Waals surface area contributed by atoms with Crippen LogP contribution >= 0.6 is 0 Å². The lowest BCUT2D eigenvalue weighted by Crippen LogP contribution is -2.03. The molecule has 0 atom stereocenters. The molecule has 3 heteroatoms. The van der Waals surface area contributed by atoms with Gasteiger partial charge in [0.15, 0.2) is 0 Å². The van der Waals surface area contributed by atoms with Gasteiger partial charge in [0, 0.05) is 12.8 Å². The maximum Gasteiger partial charge on any atom is 0.332 e. The molecule has 8 heavy (non-hydrogen) atoms. The highest BCUT2D eigenvalue weighted by Gasteiger charge is 1.75. The zero-order chi connectivity index (χ0) is 6.24. The summed E-state index contributed by atoms with van der Waals surface area (Å²) in [7, 11) is 0. The van der Waals surface area contributed by atoms with E-state index in [0.717, 1.165) is 6.54 Å². The molecule has 0 aliphatic carbocycles. The predicted molar refractivity (Wildman–Crippen MR) is 31.7 cm³/mol. The van der Waals surface area contributed by atoms with E-state index >= 15 is 0 Å². The summed E-state index contributed by atoms with van der Waals surface area (Å²) < 4.78 is 0. The molecule has 0 bridgehead atoms. The Morgan fingerprint density at radius 2 is 2.50 bits per heavy atom. The number of aliphatic imine (C=N–C) groups is 1. The molecular formula is C5H8N2O. The van der Waals surface area contributed by atoms with Gasteiger partial charge in [-0.15, -0.1) is 0 Å². The Hall–Kier alpha value is -0.860. The normalized spacial score (nSPS) is 9.62. The number of rotatable bonds is 4. The lowest BCUT2D eigenvalue weighted by molar-refractivity contribution is 0.545. The van der Waals surface area contributed by atoms with Gasteiger partial charge in [-0.05, 0) is 6.92 Å². The first-order valence-electron chi connectivity index (χ1n) is 2.43. The van der Waals surface area contributed by atoms with Gasteiger partial charge >= 0.3 is 6.41 Å². The molecule has 0 N–H and O–H groups in total. The standard InChI is InChI=1S/C5H8N2O/c1-2-6-3-4-7-5-8/h3H,2,4H2,1H3. The zero-order valence-corrected chi connectivity index (χ0v) is 4.79. The molecule has 0 saturated carbocycles. The highest BCUT2D eigenvalue weighted by molar-refractivity contribution is 5.63. The third-order valence-electron chi connectivity index (χ3n) is 0.549. The maximum atomic E-state index is 9.41. The second-order valence-corrected chi connectivity index (χ2v) is 1.11. The lowest BCUT2D eigenvalue weighted by Gasteiger charge is -1.80. The van der Waals surface area contributed by atoms with Crippen LogP contribution in [0.25, 0.3) is 0 Å². The van der Waals surface area contributed by atoms with E-state index in [4.69, 9.17) is 0 Å². The van der Waals surface area contributed by atoms with Gasteiger partial charge in [-0.2, -0.15) is 0 Å². The highest BCUT2D eigenvalue weighted by atomic mass is 16.1. The number of hydrogen-bond donors (Lipinski definition) is 0. The van der Waals surface area contributed by atoms with Crippen molar-refractivity contribution in [2.75, 3.05) is 13.1 Å². The van der Waals surface area contributed by atoms with Gasteiger partial charge in [-0.25, -0.2) is 5.32 Å². The van der Waals surface area contributed by atoms with Crippen LogP contribution in [-0.2, 0) is 4.79 Å². The second kappa shape index (κ2) is 6.14. The van der Waals surface area contributed by atoms with E-state index < -0.39 is 0 Å². The predicted octanol–water partition coefficient (Wildman–Crippen LogP) is -0.251. The topological polar surface area (TPSA) is 43.5 Å². The Bertz CT molecular complexity index is 80.5. The van der Waals surface area contributed by atoms with E-state index in [0.29, 0.717) is 6.54 Å². The molecule has 2 radical (unpaired) electrons. The minimum atomic E-state index is 0.358. The van der Waals surface area contributed by atoms with Crippen LogP contribution < -0.4 is 5.32 Å². The molecule has 0 aromatic heterocycles. The van der Waals surface area contributed by atoms with Crippen molar-refractivity contribution in [2.24, 2.45) is 4.99 Å². The Kier molecular flexibility index (Phi) is 5.48. The summed E-state index contributed by atoms with van der Waals surface area (Å²) in [5.41, 5.74) is 0. The van der Waals surface area contributed by atoms with Crippen LogP contribution in [0.15, 0.2) is 4.99 Å². The summed E-state index contributed by atoms with van der Waals surface area (Å²) in [5, 5.41) is 3.25. The van der Waals surface area contributed by atoms with Crippen LogP contribution in [0.3, 0.4) is 0 Å². The zero-order valence-electron chi connectivity index (χ0n) is 4.79. The van der Waals surface area contributed by atoms with Crippen molar-refractivity contribution >= 4 is 12.6 Å². The molecule has 0 unspecified atom stereocenters.